The normalized spacial score (nSPS) is 10.6. The summed E-state index contributed by atoms with van der Waals surface area (Å²) in [6.07, 6.45) is 0.966. The third kappa shape index (κ3) is 4.02. The molecule has 4 nitrogen and oxygen atoms in total. The average Bonchev–Trinajstić information content (AvgIpc) is 2.89. The molecule has 2 rings (SSSR count). The van der Waals surface area contributed by atoms with Crippen molar-refractivity contribution in [1.82, 2.24) is 5.32 Å². The van der Waals surface area contributed by atoms with Gasteiger partial charge in [0.15, 0.2) is 0 Å². The summed E-state index contributed by atoms with van der Waals surface area (Å²) in [5.74, 6) is 0. The number of halogens is 1. The van der Waals surface area contributed by atoms with Gasteiger partial charge in [0, 0.05) is 18.7 Å². The average molecular weight is 297 g/mol. The number of nitrogens with zero attached hydrogens (tertiary/aromatic N) is 1. The van der Waals surface area contributed by atoms with Crippen molar-refractivity contribution in [2.24, 2.45) is 0 Å². The number of nitro benzene ring substituents is 1. The Hall–Kier alpha value is -1.43. The molecule has 100 valence electrons. The molecule has 0 aliphatic carbocycles. The van der Waals surface area contributed by atoms with E-state index in [-0.39, 0.29) is 5.69 Å². The summed E-state index contributed by atoms with van der Waals surface area (Å²) in [4.78, 5) is 10.1. The van der Waals surface area contributed by atoms with Crippen molar-refractivity contribution in [1.29, 1.82) is 0 Å². The van der Waals surface area contributed by atoms with E-state index >= 15 is 0 Å². The van der Waals surface area contributed by atoms with E-state index in [1.54, 1.807) is 17.4 Å². The Labute approximate surface area is 120 Å². The van der Waals surface area contributed by atoms with Crippen LogP contribution in [0.1, 0.15) is 11.1 Å². The molecule has 0 unspecified atom stereocenters. The lowest BCUT2D eigenvalue weighted by atomic mass is 10.2. The monoisotopic (exact) mass is 296 g/mol. The van der Waals surface area contributed by atoms with Crippen LogP contribution in [0.25, 0.3) is 0 Å². The van der Waals surface area contributed by atoms with Crippen LogP contribution in [0.3, 0.4) is 0 Å². The van der Waals surface area contributed by atoms with Crippen LogP contribution < -0.4 is 5.32 Å². The van der Waals surface area contributed by atoms with E-state index in [0.29, 0.717) is 11.6 Å². The molecule has 19 heavy (non-hydrogen) atoms. The Kier molecular flexibility index (Phi) is 4.90. The zero-order valence-electron chi connectivity index (χ0n) is 10.1. The molecule has 0 aliphatic heterocycles. The third-order valence-corrected chi connectivity index (χ3v) is 3.82. The Bertz CT molecular complexity index is 558. The minimum Gasteiger partial charge on any atom is -0.312 e. The number of non-ortho nitro benzene ring substituents is 1. The summed E-state index contributed by atoms with van der Waals surface area (Å²) in [7, 11) is 0. The van der Waals surface area contributed by atoms with Gasteiger partial charge < -0.3 is 5.32 Å². The quantitative estimate of drug-likeness (QED) is 0.503. The highest BCUT2D eigenvalue weighted by Gasteiger charge is 2.08. The topological polar surface area (TPSA) is 55.2 Å². The van der Waals surface area contributed by atoms with Crippen molar-refractivity contribution >= 4 is 28.6 Å². The lowest BCUT2D eigenvalue weighted by Gasteiger charge is -2.06. The maximum absolute atomic E-state index is 10.6. The fourth-order valence-electron chi connectivity index (χ4n) is 1.68. The predicted octanol–water partition coefficient (Wildman–Crippen LogP) is 3.64. The van der Waals surface area contributed by atoms with Crippen LogP contribution in [-0.2, 0) is 13.0 Å². The van der Waals surface area contributed by atoms with E-state index < -0.39 is 4.92 Å². The van der Waals surface area contributed by atoms with Gasteiger partial charge in [0.05, 0.1) is 9.95 Å². The Morgan fingerprint density at radius 2 is 2.21 bits per heavy atom. The molecule has 0 amide bonds. The van der Waals surface area contributed by atoms with Crippen LogP contribution in [0.4, 0.5) is 5.69 Å². The molecule has 0 aliphatic rings. The molecule has 0 saturated heterocycles. The summed E-state index contributed by atoms with van der Waals surface area (Å²) in [5.41, 5.74) is 2.21. The van der Waals surface area contributed by atoms with E-state index in [9.17, 15) is 10.1 Å². The first-order valence-electron chi connectivity index (χ1n) is 5.81. The molecule has 1 N–H and O–H groups in total. The predicted molar refractivity (Wildman–Crippen MR) is 77.8 cm³/mol. The SMILES string of the molecule is O=[N+]([O-])c1ccc(CNCCc2ccsc2)c(Cl)c1. The van der Waals surface area contributed by atoms with Crippen molar-refractivity contribution in [2.75, 3.05) is 6.54 Å². The molecule has 1 heterocycles. The number of hydrogen-bond acceptors (Lipinski definition) is 4. The number of nitro groups is 1. The van der Waals surface area contributed by atoms with Gasteiger partial charge in [-0.3, -0.25) is 10.1 Å². The second-order valence-corrected chi connectivity index (χ2v) is 5.28. The van der Waals surface area contributed by atoms with Gasteiger partial charge in [0.2, 0.25) is 0 Å². The maximum atomic E-state index is 10.6. The molecular weight excluding hydrogens is 284 g/mol. The highest BCUT2D eigenvalue weighted by Crippen LogP contribution is 2.22. The van der Waals surface area contributed by atoms with Crippen LogP contribution in [0.2, 0.25) is 5.02 Å². The zero-order chi connectivity index (χ0) is 13.7. The molecule has 0 bridgehead atoms. The van der Waals surface area contributed by atoms with Crippen LogP contribution in [0, 0.1) is 10.1 Å². The highest BCUT2D eigenvalue weighted by atomic mass is 35.5. The number of nitrogens with one attached hydrogen (secondary N) is 1. The van der Waals surface area contributed by atoms with Gasteiger partial charge in [0.1, 0.15) is 0 Å². The molecule has 6 heteroatoms. The first-order chi connectivity index (χ1) is 9.16. The number of benzene rings is 1. The van der Waals surface area contributed by atoms with Crippen LogP contribution in [-0.4, -0.2) is 11.5 Å². The Morgan fingerprint density at radius 3 is 2.84 bits per heavy atom. The van der Waals surface area contributed by atoms with E-state index in [0.717, 1.165) is 18.5 Å². The smallest absolute Gasteiger partial charge is 0.270 e. The molecule has 2 aromatic rings. The Balaban J connectivity index is 1.84. The van der Waals surface area contributed by atoms with Gasteiger partial charge in [-0.2, -0.15) is 11.3 Å². The van der Waals surface area contributed by atoms with Crippen LogP contribution in [0.15, 0.2) is 35.0 Å². The van der Waals surface area contributed by atoms with Gasteiger partial charge in [-0.25, -0.2) is 0 Å². The van der Waals surface area contributed by atoms with E-state index in [2.05, 4.69) is 22.1 Å². The summed E-state index contributed by atoms with van der Waals surface area (Å²) in [5, 5.41) is 18.5. The summed E-state index contributed by atoms with van der Waals surface area (Å²) < 4.78 is 0. The minimum atomic E-state index is -0.445. The van der Waals surface area contributed by atoms with Gasteiger partial charge in [0.25, 0.3) is 5.69 Å². The molecule has 0 saturated carbocycles. The van der Waals surface area contributed by atoms with Crippen molar-refractivity contribution < 1.29 is 4.92 Å². The molecule has 0 spiro atoms. The van der Waals surface area contributed by atoms with Crippen molar-refractivity contribution in [3.63, 3.8) is 0 Å². The molecule has 0 atom stereocenters. The third-order valence-electron chi connectivity index (χ3n) is 2.73. The zero-order valence-corrected chi connectivity index (χ0v) is 11.7. The fourth-order valence-corrected chi connectivity index (χ4v) is 2.63. The Morgan fingerprint density at radius 1 is 1.37 bits per heavy atom. The standard InChI is InChI=1S/C13H13ClN2O2S/c14-13-7-12(16(17)18)2-1-11(13)8-15-5-3-10-4-6-19-9-10/h1-2,4,6-7,9,15H,3,5,8H2. The minimum absolute atomic E-state index is 0.0204. The lowest BCUT2D eigenvalue weighted by molar-refractivity contribution is -0.384. The first kappa shape index (κ1) is 14.0. The first-order valence-corrected chi connectivity index (χ1v) is 7.13. The second-order valence-electron chi connectivity index (χ2n) is 4.09. The van der Waals surface area contributed by atoms with Gasteiger partial charge in [-0.15, -0.1) is 0 Å². The van der Waals surface area contributed by atoms with Crippen molar-refractivity contribution in [3.05, 3.63) is 61.3 Å². The molecule has 0 radical (unpaired) electrons. The number of hydrogen-bond donors (Lipinski definition) is 1. The van der Waals surface area contributed by atoms with Crippen LogP contribution >= 0.6 is 22.9 Å². The maximum Gasteiger partial charge on any atom is 0.270 e. The lowest BCUT2D eigenvalue weighted by Crippen LogP contribution is -2.16. The summed E-state index contributed by atoms with van der Waals surface area (Å²) in [6, 6.07) is 6.66. The molecule has 0 fully saturated rings. The fraction of sp³-hybridized carbons (Fsp3) is 0.231. The van der Waals surface area contributed by atoms with E-state index in [1.165, 1.54) is 17.7 Å². The van der Waals surface area contributed by atoms with E-state index in [1.807, 2.05) is 0 Å². The largest absolute Gasteiger partial charge is 0.312 e. The van der Waals surface area contributed by atoms with Crippen molar-refractivity contribution in [3.8, 4) is 0 Å². The van der Waals surface area contributed by atoms with Gasteiger partial charge in [-0.05, 0) is 47.0 Å². The highest BCUT2D eigenvalue weighted by molar-refractivity contribution is 7.07. The van der Waals surface area contributed by atoms with Crippen LogP contribution in [0.5, 0.6) is 0 Å². The molecule has 1 aromatic carbocycles. The summed E-state index contributed by atoms with van der Waals surface area (Å²) >= 11 is 7.70. The van der Waals surface area contributed by atoms with Gasteiger partial charge >= 0.3 is 0 Å². The molecule has 1 aromatic heterocycles. The summed E-state index contributed by atoms with van der Waals surface area (Å²) in [6.45, 7) is 1.46. The number of thiophene rings is 1. The number of rotatable bonds is 6. The second kappa shape index (κ2) is 6.65. The van der Waals surface area contributed by atoms with Gasteiger partial charge in [-0.1, -0.05) is 11.6 Å². The van der Waals surface area contributed by atoms with Crippen molar-refractivity contribution in [2.45, 2.75) is 13.0 Å². The molecular formula is C13H13ClN2O2S. The van der Waals surface area contributed by atoms with E-state index in [4.69, 9.17) is 11.6 Å².